The van der Waals surface area contributed by atoms with E-state index in [4.69, 9.17) is 17.7 Å². The van der Waals surface area contributed by atoms with Crippen molar-refractivity contribution in [3.8, 4) is 0 Å². The molecule has 4 heteroatoms. The van der Waals surface area contributed by atoms with Crippen LogP contribution in [0.25, 0.3) is 10.9 Å². The van der Waals surface area contributed by atoms with Crippen LogP contribution in [0.15, 0.2) is 30.3 Å². The smallest absolute Gasteiger partial charge is 0.320 e. The Kier molecular flexibility index (Phi) is 1.33. The summed E-state index contributed by atoms with van der Waals surface area (Å²) in [6.45, 7) is 0. The van der Waals surface area contributed by atoms with Gasteiger partial charge < -0.3 is 15.8 Å². The van der Waals surface area contributed by atoms with Gasteiger partial charge in [-0.3, -0.25) is 4.79 Å². The molecule has 1 atom stereocenters. The van der Waals surface area contributed by atoms with E-state index in [2.05, 4.69) is 4.98 Å². The average Bonchev–Trinajstić information content (AvgIpc) is 2.71. The summed E-state index contributed by atoms with van der Waals surface area (Å²) in [6.07, 6.45) is -0.334. The van der Waals surface area contributed by atoms with Crippen LogP contribution in [-0.2, 0) is 11.2 Å². The normalized spacial score (nSPS) is 17.5. The minimum atomic E-state index is -1.24. The van der Waals surface area contributed by atoms with Crippen LogP contribution in [-0.4, -0.2) is 22.1 Å². The van der Waals surface area contributed by atoms with Crippen LogP contribution in [0.3, 0.4) is 0 Å². The van der Waals surface area contributed by atoms with Crippen molar-refractivity contribution < 1.29 is 16.8 Å². The van der Waals surface area contributed by atoms with Gasteiger partial charge >= 0.3 is 5.97 Å². The minimum Gasteiger partial charge on any atom is -0.480 e. The molecule has 1 aromatic heterocycles. The number of carboxylic acids is 1. The second-order valence-corrected chi connectivity index (χ2v) is 3.13. The van der Waals surface area contributed by atoms with Gasteiger partial charge in [-0.15, -0.1) is 0 Å². The van der Waals surface area contributed by atoms with Gasteiger partial charge in [0.25, 0.3) is 0 Å². The first-order chi connectivity index (χ1) is 9.25. The Bertz CT molecular complexity index is 713. The minimum absolute atomic E-state index is 0.0913. The van der Waals surface area contributed by atoms with Crippen molar-refractivity contribution in [3.05, 3.63) is 35.9 Å². The van der Waals surface area contributed by atoms with Crippen LogP contribution in [0, 0.1) is 0 Å². The maximum atomic E-state index is 10.8. The van der Waals surface area contributed by atoms with Gasteiger partial charge in [-0.2, -0.15) is 0 Å². The van der Waals surface area contributed by atoms with E-state index < -0.39 is 24.1 Å². The lowest BCUT2D eigenvalue weighted by atomic mass is 10.1. The number of hydrogen-bond acceptors (Lipinski definition) is 2. The summed E-state index contributed by atoms with van der Waals surface area (Å²) in [5.41, 5.74) is 5.71. The quantitative estimate of drug-likeness (QED) is 0.708. The summed E-state index contributed by atoms with van der Waals surface area (Å²) in [4.78, 5) is 13.4. The zero-order valence-electron chi connectivity index (χ0n) is 12.7. The highest BCUT2D eigenvalue weighted by Gasteiger charge is 2.14. The van der Waals surface area contributed by atoms with Crippen LogP contribution >= 0.6 is 0 Å². The number of rotatable bonds is 3. The number of nitrogens with one attached hydrogen (secondary N) is 1. The summed E-state index contributed by atoms with van der Waals surface area (Å²) >= 11 is 0. The van der Waals surface area contributed by atoms with Crippen LogP contribution in [0.5, 0.6) is 0 Å². The zero-order chi connectivity index (χ0) is 15.2. The van der Waals surface area contributed by atoms with Crippen molar-refractivity contribution in [2.24, 2.45) is 5.73 Å². The molecular formula is C11H12N2O2. The average molecular weight is 209 g/mol. The largest absolute Gasteiger partial charge is 0.480 e. The second kappa shape index (κ2) is 3.74. The highest BCUT2D eigenvalue weighted by Crippen LogP contribution is 2.18. The van der Waals surface area contributed by atoms with Crippen molar-refractivity contribution in [3.63, 3.8) is 0 Å². The Hall–Kier alpha value is -1.81. The summed E-state index contributed by atoms with van der Waals surface area (Å²) < 4.78 is 38.6. The fourth-order valence-electron chi connectivity index (χ4n) is 1.29. The summed E-state index contributed by atoms with van der Waals surface area (Å²) in [6, 6.07) is -2.66. The molecule has 0 aliphatic rings. The molecule has 2 rings (SSSR count). The lowest BCUT2D eigenvalue weighted by Crippen LogP contribution is -2.32. The third-order valence-electron chi connectivity index (χ3n) is 2.07. The van der Waals surface area contributed by atoms with Gasteiger partial charge in [-0.25, -0.2) is 0 Å². The number of carbonyl (C=O) groups is 1. The van der Waals surface area contributed by atoms with Gasteiger partial charge in [0.15, 0.2) is 0 Å². The van der Waals surface area contributed by atoms with E-state index in [1.54, 1.807) is 0 Å². The maximum absolute atomic E-state index is 10.8. The lowest BCUT2D eigenvalue weighted by Gasteiger charge is -2.04. The van der Waals surface area contributed by atoms with Gasteiger partial charge in [-0.05, 0) is 11.6 Å². The molecule has 0 saturated heterocycles. The number of aromatic nitrogens is 1. The second-order valence-electron chi connectivity index (χ2n) is 3.13. The van der Waals surface area contributed by atoms with Crippen LogP contribution in [0.1, 0.15) is 12.4 Å². The molecule has 0 fully saturated rings. The SMILES string of the molecule is [2H]c1[nH]c2c([2H])c([2H])c([2H])c([2H])c2c1CC(N)C(=O)O. The van der Waals surface area contributed by atoms with Crippen LogP contribution in [0.4, 0.5) is 0 Å². The van der Waals surface area contributed by atoms with Gasteiger partial charge in [0.2, 0.25) is 0 Å². The predicted molar refractivity (Wildman–Crippen MR) is 57.6 cm³/mol. The molecule has 2 aromatic rings. The lowest BCUT2D eigenvalue weighted by molar-refractivity contribution is -0.138. The number of carboxylic acid groups (broad SMARTS) is 1. The fraction of sp³-hybridized carbons (Fsp3) is 0.182. The number of benzene rings is 1. The number of fused-ring (bicyclic) bond motifs is 1. The van der Waals surface area contributed by atoms with E-state index in [-0.39, 0.29) is 41.1 Å². The maximum Gasteiger partial charge on any atom is 0.320 e. The first-order valence-electron chi connectivity index (χ1n) is 6.81. The Morgan fingerprint density at radius 2 is 2.33 bits per heavy atom. The van der Waals surface area contributed by atoms with E-state index in [1.807, 2.05) is 0 Å². The highest BCUT2D eigenvalue weighted by molar-refractivity contribution is 5.84. The van der Waals surface area contributed by atoms with E-state index in [1.165, 1.54) is 0 Å². The number of nitrogens with two attached hydrogens (primary N) is 1. The number of H-pyrrole nitrogens is 1. The van der Waals surface area contributed by atoms with Gasteiger partial charge in [0.1, 0.15) is 6.04 Å². The Morgan fingerprint density at radius 1 is 1.60 bits per heavy atom. The molecule has 1 unspecified atom stereocenters. The number of para-hydroxylation sites is 1. The molecule has 0 aliphatic heterocycles. The summed E-state index contributed by atoms with van der Waals surface area (Å²) in [5.74, 6) is -1.24. The fourth-order valence-corrected chi connectivity index (χ4v) is 1.29. The molecule has 0 bridgehead atoms. The molecule has 4 nitrogen and oxygen atoms in total. The molecular weight excluding hydrogens is 192 g/mol. The zero-order valence-corrected chi connectivity index (χ0v) is 7.72. The molecule has 1 heterocycles. The van der Waals surface area contributed by atoms with Crippen molar-refractivity contribution in [1.82, 2.24) is 4.98 Å². The molecule has 0 amide bonds. The molecule has 0 aliphatic carbocycles. The third-order valence-corrected chi connectivity index (χ3v) is 2.07. The monoisotopic (exact) mass is 209 g/mol. The van der Waals surface area contributed by atoms with Gasteiger partial charge in [0, 0.05) is 23.5 Å². The van der Waals surface area contributed by atoms with Gasteiger partial charge in [0.05, 0.1) is 6.85 Å². The van der Waals surface area contributed by atoms with E-state index in [9.17, 15) is 4.79 Å². The Labute approximate surface area is 93.7 Å². The molecule has 0 spiro atoms. The third kappa shape index (κ3) is 1.85. The van der Waals surface area contributed by atoms with Crippen molar-refractivity contribution in [2.45, 2.75) is 12.5 Å². The summed E-state index contributed by atoms with van der Waals surface area (Å²) in [7, 11) is 0. The standard InChI is InChI=1S/C11H12N2O2/c12-9(11(14)15)5-7-6-13-10-4-2-1-3-8(7)10/h1-4,6,9,13H,5,12H2,(H,14,15)/i1D,2D,3D,4D,6D. The first-order valence-corrected chi connectivity index (χ1v) is 4.31. The number of hydrogen-bond donors (Lipinski definition) is 3. The predicted octanol–water partition coefficient (Wildman–Crippen LogP) is 1.12. The molecule has 1 aromatic carbocycles. The Balaban J connectivity index is 2.73. The first kappa shape index (κ1) is 5.32. The molecule has 0 radical (unpaired) electrons. The number of aromatic amines is 1. The topological polar surface area (TPSA) is 79.1 Å². The van der Waals surface area contributed by atoms with Crippen LogP contribution in [0.2, 0.25) is 0 Å². The van der Waals surface area contributed by atoms with E-state index >= 15 is 0 Å². The van der Waals surface area contributed by atoms with Crippen molar-refractivity contribution in [2.75, 3.05) is 0 Å². The Morgan fingerprint density at radius 3 is 3.07 bits per heavy atom. The van der Waals surface area contributed by atoms with Gasteiger partial charge in [-0.1, -0.05) is 18.1 Å². The molecule has 0 saturated carbocycles. The van der Waals surface area contributed by atoms with Crippen LogP contribution < -0.4 is 5.73 Å². The summed E-state index contributed by atoms with van der Waals surface area (Å²) in [5, 5.41) is 8.94. The molecule has 15 heavy (non-hydrogen) atoms. The number of aliphatic carboxylic acids is 1. The molecule has 4 N–H and O–H groups in total. The van der Waals surface area contributed by atoms with Crippen molar-refractivity contribution >= 4 is 16.9 Å². The molecule has 78 valence electrons. The van der Waals surface area contributed by atoms with E-state index in [0.29, 0.717) is 0 Å². The van der Waals surface area contributed by atoms with E-state index in [0.717, 1.165) is 0 Å². The van der Waals surface area contributed by atoms with Crippen molar-refractivity contribution in [1.29, 1.82) is 0 Å². The highest BCUT2D eigenvalue weighted by atomic mass is 16.4.